The second-order valence-corrected chi connectivity index (χ2v) is 9.91. The molecular formula is C22H20BrClN2O3S. The molecule has 0 spiro atoms. The minimum absolute atomic E-state index is 0.0836. The van der Waals surface area contributed by atoms with Gasteiger partial charge in [-0.1, -0.05) is 57.4 Å². The van der Waals surface area contributed by atoms with Crippen LogP contribution in [0.4, 0.5) is 11.4 Å². The summed E-state index contributed by atoms with van der Waals surface area (Å²) in [4.78, 5) is 12.8. The number of halogens is 2. The van der Waals surface area contributed by atoms with Crippen LogP contribution in [0.5, 0.6) is 0 Å². The molecule has 3 aromatic rings. The van der Waals surface area contributed by atoms with E-state index in [9.17, 15) is 13.2 Å². The second kappa shape index (κ2) is 9.20. The number of nitrogens with zero attached hydrogens (tertiary/aromatic N) is 1. The molecule has 0 aromatic heterocycles. The molecule has 156 valence electrons. The Morgan fingerprint density at radius 1 is 1.03 bits per heavy atom. The van der Waals surface area contributed by atoms with Crippen molar-refractivity contribution in [3.05, 3.63) is 87.4 Å². The van der Waals surface area contributed by atoms with Gasteiger partial charge in [-0.05, 0) is 61.9 Å². The Morgan fingerprint density at radius 2 is 1.70 bits per heavy atom. The zero-order valence-electron chi connectivity index (χ0n) is 16.4. The van der Waals surface area contributed by atoms with Gasteiger partial charge in [-0.15, -0.1) is 0 Å². The first kappa shape index (κ1) is 22.3. The molecule has 0 aliphatic rings. The molecule has 0 saturated carbocycles. The summed E-state index contributed by atoms with van der Waals surface area (Å²) in [6, 6.07) is 18.4. The van der Waals surface area contributed by atoms with Crippen molar-refractivity contribution < 1.29 is 13.2 Å². The van der Waals surface area contributed by atoms with Gasteiger partial charge in [-0.2, -0.15) is 0 Å². The second-order valence-electron chi connectivity index (χ2n) is 6.79. The highest BCUT2D eigenvalue weighted by molar-refractivity contribution is 9.10. The SMILES string of the molecule is Cc1ccc(S(=O)(=O)N(CC(=O)Nc2ccc(Br)c(C)c2)c2ccccc2Cl)cc1. The van der Waals surface area contributed by atoms with E-state index in [1.54, 1.807) is 48.5 Å². The number of amides is 1. The lowest BCUT2D eigenvalue weighted by molar-refractivity contribution is -0.114. The summed E-state index contributed by atoms with van der Waals surface area (Å²) in [7, 11) is -4.02. The van der Waals surface area contributed by atoms with E-state index >= 15 is 0 Å². The summed E-state index contributed by atoms with van der Waals surface area (Å²) in [5, 5.41) is 2.99. The van der Waals surface area contributed by atoms with E-state index in [2.05, 4.69) is 21.2 Å². The first-order valence-corrected chi connectivity index (χ1v) is 11.7. The van der Waals surface area contributed by atoms with Crippen LogP contribution < -0.4 is 9.62 Å². The number of benzene rings is 3. The summed E-state index contributed by atoms with van der Waals surface area (Å²) in [5.74, 6) is -0.479. The molecule has 0 radical (unpaired) electrons. The van der Waals surface area contributed by atoms with Crippen molar-refractivity contribution in [3.8, 4) is 0 Å². The van der Waals surface area contributed by atoms with E-state index in [-0.39, 0.29) is 15.6 Å². The fourth-order valence-corrected chi connectivity index (χ4v) is 4.82. The quantitative estimate of drug-likeness (QED) is 0.475. The third-order valence-corrected chi connectivity index (χ3v) is 7.44. The predicted octanol–water partition coefficient (Wildman–Crippen LogP) is 5.55. The lowest BCUT2D eigenvalue weighted by atomic mass is 10.2. The topological polar surface area (TPSA) is 66.5 Å². The van der Waals surface area contributed by atoms with Crippen molar-refractivity contribution in [2.45, 2.75) is 18.7 Å². The fourth-order valence-electron chi connectivity index (χ4n) is 2.84. The maximum absolute atomic E-state index is 13.4. The highest BCUT2D eigenvalue weighted by atomic mass is 79.9. The summed E-state index contributed by atoms with van der Waals surface area (Å²) in [5.41, 5.74) is 2.69. The first-order valence-electron chi connectivity index (χ1n) is 9.08. The van der Waals surface area contributed by atoms with E-state index in [4.69, 9.17) is 11.6 Å². The molecule has 0 unspecified atom stereocenters. The molecule has 0 bridgehead atoms. The Labute approximate surface area is 189 Å². The molecule has 3 rings (SSSR count). The van der Waals surface area contributed by atoms with E-state index in [0.717, 1.165) is 19.9 Å². The van der Waals surface area contributed by atoms with E-state index in [1.165, 1.54) is 12.1 Å². The van der Waals surface area contributed by atoms with Crippen LogP contribution in [0, 0.1) is 13.8 Å². The summed E-state index contributed by atoms with van der Waals surface area (Å²) >= 11 is 9.69. The van der Waals surface area contributed by atoms with Gasteiger partial charge in [0.25, 0.3) is 10.0 Å². The maximum atomic E-state index is 13.4. The van der Waals surface area contributed by atoms with Crippen LogP contribution in [0.25, 0.3) is 0 Å². The highest BCUT2D eigenvalue weighted by Crippen LogP contribution is 2.30. The van der Waals surface area contributed by atoms with Crippen molar-refractivity contribution in [3.63, 3.8) is 0 Å². The monoisotopic (exact) mass is 506 g/mol. The van der Waals surface area contributed by atoms with Crippen LogP contribution >= 0.6 is 27.5 Å². The van der Waals surface area contributed by atoms with Gasteiger partial charge in [0, 0.05) is 10.2 Å². The number of hydrogen-bond donors (Lipinski definition) is 1. The molecule has 0 saturated heterocycles. The zero-order chi connectivity index (χ0) is 21.9. The minimum atomic E-state index is -4.02. The van der Waals surface area contributed by atoms with Gasteiger partial charge in [0.2, 0.25) is 5.91 Å². The molecular weight excluding hydrogens is 488 g/mol. The fraction of sp³-hybridized carbons (Fsp3) is 0.136. The highest BCUT2D eigenvalue weighted by Gasteiger charge is 2.28. The zero-order valence-corrected chi connectivity index (χ0v) is 19.6. The minimum Gasteiger partial charge on any atom is -0.325 e. The molecule has 0 aliphatic carbocycles. The van der Waals surface area contributed by atoms with E-state index < -0.39 is 22.5 Å². The van der Waals surface area contributed by atoms with Crippen molar-refractivity contribution >= 4 is 54.8 Å². The van der Waals surface area contributed by atoms with Gasteiger partial charge in [-0.25, -0.2) is 8.42 Å². The van der Waals surface area contributed by atoms with Crippen LogP contribution in [-0.4, -0.2) is 20.9 Å². The van der Waals surface area contributed by atoms with Gasteiger partial charge in [0.15, 0.2) is 0 Å². The van der Waals surface area contributed by atoms with Crippen LogP contribution in [-0.2, 0) is 14.8 Å². The Bertz CT molecular complexity index is 1180. The Morgan fingerprint density at radius 3 is 2.33 bits per heavy atom. The maximum Gasteiger partial charge on any atom is 0.264 e. The Kier molecular flexibility index (Phi) is 6.85. The molecule has 0 heterocycles. The third kappa shape index (κ3) is 5.03. The number of para-hydroxylation sites is 1. The Balaban J connectivity index is 1.95. The number of carbonyl (C=O) groups is 1. The van der Waals surface area contributed by atoms with Gasteiger partial charge in [0.1, 0.15) is 6.54 Å². The van der Waals surface area contributed by atoms with Gasteiger partial charge in [-0.3, -0.25) is 9.10 Å². The summed E-state index contributed by atoms with van der Waals surface area (Å²) in [6.07, 6.45) is 0. The van der Waals surface area contributed by atoms with Gasteiger partial charge in [0.05, 0.1) is 15.6 Å². The van der Waals surface area contributed by atoms with Gasteiger partial charge >= 0.3 is 0 Å². The molecule has 30 heavy (non-hydrogen) atoms. The van der Waals surface area contributed by atoms with E-state index in [0.29, 0.717) is 5.69 Å². The van der Waals surface area contributed by atoms with Crippen molar-refractivity contribution in [1.29, 1.82) is 0 Å². The van der Waals surface area contributed by atoms with Crippen molar-refractivity contribution in [2.24, 2.45) is 0 Å². The molecule has 0 atom stereocenters. The average molecular weight is 508 g/mol. The lowest BCUT2D eigenvalue weighted by Crippen LogP contribution is -2.38. The lowest BCUT2D eigenvalue weighted by Gasteiger charge is -2.25. The predicted molar refractivity (Wildman–Crippen MR) is 125 cm³/mol. The van der Waals surface area contributed by atoms with Crippen molar-refractivity contribution in [2.75, 3.05) is 16.2 Å². The number of aryl methyl sites for hydroxylation is 2. The molecule has 1 N–H and O–H groups in total. The summed E-state index contributed by atoms with van der Waals surface area (Å²) in [6.45, 7) is 3.35. The molecule has 5 nitrogen and oxygen atoms in total. The van der Waals surface area contributed by atoms with Gasteiger partial charge < -0.3 is 5.32 Å². The number of rotatable bonds is 6. The standard InChI is InChI=1S/C22H20BrClN2O3S/c1-15-7-10-18(11-8-15)30(28,29)26(21-6-4-3-5-20(21)24)14-22(27)25-17-9-12-19(23)16(2)13-17/h3-13H,14H2,1-2H3,(H,25,27). The third-order valence-electron chi connectivity index (χ3n) is 4.46. The molecule has 8 heteroatoms. The smallest absolute Gasteiger partial charge is 0.264 e. The molecule has 0 aliphatic heterocycles. The van der Waals surface area contributed by atoms with Crippen LogP contribution in [0.2, 0.25) is 5.02 Å². The number of hydrogen-bond acceptors (Lipinski definition) is 3. The Hall–Kier alpha value is -2.35. The van der Waals surface area contributed by atoms with Crippen LogP contribution in [0.15, 0.2) is 76.1 Å². The molecule has 0 fully saturated rings. The molecule has 3 aromatic carbocycles. The summed E-state index contributed by atoms with van der Waals surface area (Å²) < 4.78 is 28.7. The number of nitrogens with one attached hydrogen (secondary N) is 1. The van der Waals surface area contributed by atoms with Crippen LogP contribution in [0.3, 0.4) is 0 Å². The molecule has 1 amide bonds. The average Bonchev–Trinajstić information content (AvgIpc) is 2.70. The number of sulfonamides is 1. The number of anilines is 2. The normalized spacial score (nSPS) is 11.2. The van der Waals surface area contributed by atoms with Crippen LogP contribution in [0.1, 0.15) is 11.1 Å². The van der Waals surface area contributed by atoms with Crippen molar-refractivity contribution in [1.82, 2.24) is 0 Å². The first-order chi connectivity index (χ1) is 14.2. The van der Waals surface area contributed by atoms with E-state index in [1.807, 2.05) is 19.9 Å². The number of carbonyl (C=O) groups excluding carboxylic acids is 1. The largest absolute Gasteiger partial charge is 0.325 e.